The molecule has 1 fully saturated rings. The van der Waals surface area contributed by atoms with E-state index in [1.807, 2.05) is 6.07 Å². The summed E-state index contributed by atoms with van der Waals surface area (Å²) >= 11 is 3.49. The Labute approximate surface area is 124 Å². The van der Waals surface area contributed by atoms with Gasteiger partial charge in [-0.1, -0.05) is 22.0 Å². The van der Waals surface area contributed by atoms with Crippen molar-refractivity contribution in [3.05, 3.63) is 28.7 Å². The van der Waals surface area contributed by atoms with Crippen LogP contribution in [0, 0.1) is 0 Å². The Balaban J connectivity index is 1.70. The van der Waals surface area contributed by atoms with Gasteiger partial charge in [0, 0.05) is 36.4 Å². The van der Waals surface area contributed by atoms with Crippen LogP contribution in [0.4, 0.5) is 5.69 Å². The summed E-state index contributed by atoms with van der Waals surface area (Å²) in [4.78, 5) is 2.49. The summed E-state index contributed by atoms with van der Waals surface area (Å²) in [5, 5.41) is 3.47. The summed E-state index contributed by atoms with van der Waals surface area (Å²) in [6, 6.07) is 8.31. The number of nitrogens with one attached hydrogen (secondary N) is 1. The maximum Gasteiger partial charge on any atom is 0.0702 e. The van der Waals surface area contributed by atoms with Crippen molar-refractivity contribution < 1.29 is 4.74 Å². The number of anilines is 1. The number of halogens is 1. The zero-order valence-corrected chi connectivity index (χ0v) is 13.2. The number of ether oxygens (including phenoxy) is 1. The van der Waals surface area contributed by atoms with Crippen LogP contribution in [0.15, 0.2) is 28.7 Å². The molecule has 0 radical (unpaired) electrons. The Morgan fingerprint density at radius 1 is 1.47 bits per heavy atom. The lowest BCUT2D eigenvalue weighted by molar-refractivity contribution is 0.00716. The number of piperidine rings is 1. The van der Waals surface area contributed by atoms with E-state index < -0.39 is 0 Å². The van der Waals surface area contributed by atoms with Gasteiger partial charge < -0.3 is 10.1 Å². The van der Waals surface area contributed by atoms with Crippen molar-refractivity contribution in [3.63, 3.8) is 0 Å². The molecule has 19 heavy (non-hydrogen) atoms. The van der Waals surface area contributed by atoms with E-state index in [2.05, 4.69) is 51.3 Å². The first kappa shape index (κ1) is 14.8. The van der Waals surface area contributed by atoms with Crippen LogP contribution in [-0.2, 0) is 4.74 Å². The predicted molar refractivity (Wildman–Crippen MR) is 83.7 cm³/mol. The predicted octanol–water partition coefficient (Wildman–Crippen LogP) is 3.36. The van der Waals surface area contributed by atoms with E-state index in [9.17, 15) is 0 Å². The molecule has 1 atom stereocenters. The Morgan fingerprint density at radius 2 is 2.37 bits per heavy atom. The van der Waals surface area contributed by atoms with Gasteiger partial charge >= 0.3 is 0 Å². The zero-order valence-electron chi connectivity index (χ0n) is 11.6. The zero-order chi connectivity index (χ0) is 13.5. The van der Waals surface area contributed by atoms with Gasteiger partial charge in [-0.25, -0.2) is 0 Å². The maximum absolute atomic E-state index is 5.73. The molecule has 1 N–H and O–H groups in total. The van der Waals surface area contributed by atoms with E-state index in [1.165, 1.54) is 25.1 Å². The van der Waals surface area contributed by atoms with Crippen molar-refractivity contribution in [1.29, 1.82) is 0 Å². The van der Waals surface area contributed by atoms with Crippen LogP contribution < -0.4 is 5.32 Å². The summed E-state index contributed by atoms with van der Waals surface area (Å²) in [5.41, 5.74) is 1.17. The highest BCUT2D eigenvalue weighted by molar-refractivity contribution is 9.10. The molecular weight excluding hydrogens is 304 g/mol. The minimum Gasteiger partial charge on any atom is -0.384 e. The molecule has 1 aromatic rings. The van der Waals surface area contributed by atoms with Crippen LogP contribution in [0.25, 0.3) is 0 Å². The summed E-state index contributed by atoms with van der Waals surface area (Å²) in [5.74, 6) is 0. The SMILES string of the molecule is CCOC1CCCN(CCNc2cccc(Br)c2)C1. The molecule has 0 amide bonds. The number of likely N-dealkylation sites (tertiary alicyclic amines) is 1. The molecule has 3 nitrogen and oxygen atoms in total. The maximum atomic E-state index is 5.73. The molecule has 1 aliphatic rings. The second-order valence-corrected chi connectivity index (χ2v) is 5.87. The molecule has 1 unspecified atom stereocenters. The minimum atomic E-state index is 0.435. The molecule has 4 heteroatoms. The molecule has 1 aromatic carbocycles. The molecule has 106 valence electrons. The molecular formula is C15H23BrN2O. The third kappa shape index (κ3) is 5.13. The summed E-state index contributed by atoms with van der Waals surface area (Å²) in [7, 11) is 0. The molecule has 0 spiro atoms. The van der Waals surface area contributed by atoms with Crippen LogP contribution >= 0.6 is 15.9 Å². The standard InChI is InChI=1S/C15H23BrN2O/c1-2-19-15-7-4-9-18(12-15)10-8-17-14-6-3-5-13(16)11-14/h3,5-6,11,15,17H,2,4,7-10,12H2,1H3. The average molecular weight is 327 g/mol. The average Bonchev–Trinajstić information content (AvgIpc) is 2.40. The first-order valence-corrected chi connectivity index (χ1v) is 7.90. The smallest absolute Gasteiger partial charge is 0.0702 e. The third-order valence-corrected chi connectivity index (χ3v) is 3.94. The van der Waals surface area contributed by atoms with Crippen LogP contribution in [-0.4, -0.2) is 43.8 Å². The monoisotopic (exact) mass is 326 g/mol. The second-order valence-electron chi connectivity index (χ2n) is 4.96. The Hall–Kier alpha value is -0.580. The van der Waals surface area contributed by atoms with Gasteiger partial charge in [-0.05, 0) is 44.5 Å². The minimum absolute atomic E-state index is 0.435. The lowest BCUT2D eigenvalue weighted by atomic mass is 10.1. The number of rotatable bonds is 6. The van der Waals surface area contributed by atoms with Crippen molar-refractivity contribution in [3.8, 4) is 0 Å². The number of hydrogen-bond donors (Lipinski definition) is 1. The van der Waals surface area contributed by atoms with E-state index in [4.69, 9.17) is 4.74 Å². The fraction of sp³-hybridized carbons (Fsp3) is 0.600. The lowest BCUT2D eigenvalue weighted by Gasteiger charge is -2.32. The summed E-state index contributed by atoms with van der Waals surface area (Å²) in [6.07, 6.45) is 2.90. The van der Waals surface area contributed by atoms with Gasteiger partial charge in [0.25, 0.3) is 0 Å². The Bertz CT molecular complexity index is 384. The van der Waals surface area contributed by atoms with E-state index in [0.717, 1.165) is 30.7 Å². The Kier molecular flexibility index (Phi) is 6.14. The van der Waals surface area contributed by atoms with Gasteiger partial charge in [0.2, 0.25) is 0 Å². The first-order valence-electron chi connectivity index (χ1n) is 7.11. The second kappa shape index (κ2) is 7.88. The van der Waals surface area contributed by atoms with Gasteiger partial charge in [-0.2, -0.15) is 0 Å². The van der Waals surface area contributed by atoms with Gasteiger partial charge in [-0.3, -0.25) is 4.90 Å². The lowest BCUT2D eigenvalue weighted by Crippen LogP contribution is -2.41. The van der Waals surface area contributed by atoms with E-state index in [1.54, 1.807) is 0 Å². The fourth-order valence-electron chi connectivity index (χ4n) is 2.54. The van der Waals surface area contributed by atoms with Crippen LogP contribution in [0.1, 0.15) is 19.8 Å². The molecule has 0 aromatic heterocycles. The largest absolute Gasteiger partial charge is 0.384 e. The third-order valence-electron chi connectivity index (χ3n) is 3.45. The molecule has 0 bridgehead atoms. The molecule has 1 aliphatic heterocycles. The van der Waals surface area contributed by atoms with E-state index in [0.29, 0.717) is 6.10 Å². The summed E-state index contributed by atoms with van der Waals surface area (Å²) < 4.78 is 6.84. The number of hydrogen-bond acceptors (Lipinski definition) is 3. The molecule has 0 aliphatic carbocycles. The highest BCUT2D eigenvalue weighted by Gasteiger charge is 2.19. The van der Waals surface area contributed by atoms with Crippen LogP contribution in [0.2, 0.25) is 0 Å². The topological polar surface area (TPSA) is 24.5 Å². The van der Waals surface area contributed by atoms with Gasteiger partial charge in [0.1, 0.15) is 0 Å². The van der Waals surface area contributed by atoms with Crippen molar-refractivity contribution in [2.45, 2.75) is 25.9 Å². The van der Waals surface area contributed by atoms with Crippen molar-refractivity contribution in [1.82, 2.24) is 4.90 Å². The first-order chi connectivity index (χ1) is 9.28. The quantitative estimate of drug-likeness (QED) is 0.867. The normalized spacial score (nSPS) is 20.4. The van der Waals surface area contributed by atoms with Crippen molar-refractivity contribution >= 4 is 21.6 Å². The highest BCUT2D eigenvalue weighted by Crippen LogP contribution is 2.16. The van der Waals surface area contributed by atoms with Crippen LogP contribution in [0.3, 0.4) is 0 Å². The van der Waals surface area contributed by atoms with E-state index in [-0.39, 0.29) is 0 Å². The van der Waals surface area contributed by atoms with Gasteiger partial charge in [0.05, 0.1) is 6.10 Å². The molecule has 0 saturated carbocycles. The van der Waals surface area contributed by atoms with Gasteiger partial charge in [0.15, 0.2) is 0 Å². The Morgan fingerprint density at radius 3 is 3.16 bits per heavy atom. The number of benzene rings is 1. The molecule has 1 heterocycles. The van der Waals surface area contributed by atoms with Crippen LogP contribution in [0.5, 0.6) is 0 Å². The van der Waals surface area contributed by atoms with Crippen molar-refractivity contribution in [2.75, 3.05) is 38.1 Å². The molecule has 2 rings (SSSR count). The molecule has 1 saturated heterocycles. The number of nitrogens with zero attached hydrogens (tertiary/aromatic N) is 1. The van der Waals surface area contributed by atoms with Gasteiger partial charge in [-0.15, -0.1) is 0 Å². The fourth-order valence-corrected chi connectivity index (χ4v) is 2.94. The highest BCUT2D eigenvalue weighted by atomic mass is 79.9. The summed E-state index contributed by atoms with van der Waals surface area (Å²) in [6.45, 7) is 7.24. The van der Waals surface area contributed by atoms with E-state index >= 15 is 0 Å². The van der Waals surface area contributed by atoms with Crippen molar-refractivity contribution in [2.24, 2.45) is 0 Å².